The lowest BCUT2D eigenvalue weighted by Gasteiger charge is -2.10. The van der Waals surface area contributed by atoms with Crippen molar-refractivity contribution in [2.24, 2.45) is 5.73 Å². The first-order chi connectivity index (χ1) is 9.75. The molecule has 9 heteroatoms. The van der Waals surface area contributed by atoms with Crippen LogP contribution < -0.4 is 5.73 Å². The van der Waals surface area contributed by atoms with Crippen LogP contribution in [0.4, 0.5) is 0 Å². The molecule has 0 amide bonds. The molecule has 2 aromatic rings. The van der Waals surface area contributed by atoms with Gasteiger partial charge in [0.05, 0.1) is 5.69 Å². The van der Waals surface area contributed by atoms with E-state index in [2.05, 4.69) is 20.5 Å². The lowest BCUT2D eigenvalue weighted by atomic mass is 9.97. The molecule has 9 nitrogen and oxygen atoms in total. The van der Waals surface area contributed by atoms with Crippen LogP contribution in [0.2, 0.25) is 0 Å². The van der Waals surface area contributed by atoms with Gasteiger partial charge >= 0.3 is 5.97 Å². The molecule has 0 radical (unpaired) electrons. The third-order valence-electron chi connectivity index (χ3n) is 2.74. The van der Waals surface area contributed by atoms with Crippen molar-refractivity contribution in [2.45, 2.75) is 45.2 Å². The molecule has 0 saturated heterocycles. The number of nitrogens with zero attached hydrogens (tertiary/aromatic N) is 5. The summed E-state index contributed by atoms with van der Waals surface area (Å²) in [4.78, 5) is 10.7. The van der Waals surface area contributed by atoms with Crippen LogP contribution in [0, 0.1) is 0 Å². The van der Waals surface area contributed by atoms with Crippen LogP contribution in [0.1, 0.15) is 38.2 Å². The van der Waals surface area contributed by atoms with Crippen molar-refractivity contribution in [3.63, 3.8) is 0 Å². The van der Waals surface area contributed by atoms with Crippen LogP contribution in [0.5, 0.6) is 0 Å². The van der Waals surface area contributed by atoms with Gasteiger partial charge in [0.25, 0.3) is 0 Å². The molecule has 0 saturated carbocycles. The molecule has 0 fully saturated rings. The average molecular weight is 294 g/mol. The first-order valence-electron chi connectivity index (χ1n) is 6.46. The van der Waals surface area contributed by atoms with Gasteiger partial charge in [-0.1, -0.05) is 26.0 Å². The summed E-state index contributed by atoms with van der Waals surface area (Å²) in [5, 5.41) is 24.4. The molecule has 2 aromatic heterocycles. The highest BCUT2D eigenvalue weighted by Crippen LogP contribution is 2.20. The van der Waals surface area contributed by atoms with Crippen LogP contribution >= 0.6 is 0 Å². The molecule has 2 heterocycles. The van der Waals surface area contributed by atoms with Gasteiger partial charge in [-0.25, -0.2) is 4.68 Å². The second-order valence-electron chi connectivity index (χ2n) is 5.81. The van der Waals surface area contributed by atoms with Crippen molar-refractivity contribution in [3.05, 3.63) is 23.7 Å². The Morgan fingerprint density at radius 3 is 2.71 bits per heavy atom. The summed E-state index contributed by atoms with van der Waals surface area (Å²) >= 11 is 0. The fraction of sp³-hybridized carbons (Fsp3) is 0.583. The zero-order valence-electron chi connectivity index (χ0n) is 12.1. The number of carboxylic acid groups (broad SMARTS) is 1. The van der Waals surface area contributed by atoms with E-state index in [0.29, 0.717) is 17.5 Å². The van der Waals surface area contributed by atoms with E-state index in [-0.39, 0.29) is 18.4 Å². The summed E-state index contributed by atoms with van der Waals surface area (Å²) in [6, 6.07) is -0.994. The highest BCUT2D eigenvalue weighted by atomic mass is 16.4. The number of nitrogens with two attached hydrogens (primary N) is 1. The third kappa shape index (κ3) is 3.85. The summed E-state index contributed by atoms with van der Waals surface area (Å²) in [6.45, 7) is 6.21. The van der Waals surface area contributed by atoms with E-state index in [0.717, 1.165) is 0 Å². The average Bonchev–Trinajstić information content (AvgIpc) is 2.98. The van der Waals surface area contributed by atoms with Gasteiger partial charge in [-0.2, -0.15) is 0 Å². The number of aromatic nitrogens is 5. The van der Waals surface area contributed by atoms with Gasteiger partial charge in [-0.15, -0.1) is 15.3 Å². The highest BCUT2D eigenvalue weighted by Gasteiger charge is 2.21. The predicted molar refractivity (Wildman–Crippen MR) is 71.4 cm³/mol. The Bertz CT molecular complexity index is 627. The highest BCUT2D eigenvalue weighted by molar-refractivity contribution is 5.73. The van der Waals surface area contributed by atoms with Gasteiger partial charge in [0.2, 0.25) is 11.8 Å². The number of aliphatic carboxylic acids is 1. The van der Waals surface area contributed by atoms with Crippen LogP contribution in [-0.4, -0.2) is 42.3 Å². The number of carboxylic acids is 1. The second-order valence-corrected chi connectivity index (χ2v) is 5.81. The number of hydrogen-bond donors (Lipinski definition) is 2. The first-order valence-corrected chi connectivity index (χ1v) is 6.46. The number of hydrogen-bond acceptors (Lipinski definition) is 7. The van der Waals surface area contributed by atoms with Crippen LogP contribution in [0.3, 0.4) is 0 Å². The lowest BCUT2D eigenvalue weighted by Crippen LogP contribution is -2.32. The lowest BCUT2D eigenvalue weighted by molar-refractivity contribution is -0.138. The normalized spacial score (nSPS) is 13.3. The molecule has 0 aliphatic rings. The van der Waals surface area contributed by atoms with Crippen molar-refractivity contribution in [1.82, 2.24) is 25.2 Å². The second kappa shape index (κ2) is 5.60. The van der Waals surface area contributed by atoms with Crippen molar-refractivity contribution in [2.75, 3.05) is 0 Å². The molecule has 0 spiro atoms. The smallest absolute Gasteiger partial charge is 0.320 e. The monoisotopic (exact) mass is 294 g/mol. The van der Waals surface area contributed by atoms with Crippen LogP contribution in [-0.2, 0) is 23.2 Å². The molecule has 3 N–H and O–H groups in total. The third-order valence-corrected chi connectivity index (χ3v) is 2.74. The van der Waals surface area contributed by atoms with E-state index in [9.17, 15) is 4.79 Å². The van der Waals surface area contributed by atoms with Gasteiger partial charge in [-0.3, -0.25) is 4.79 Å². The molecule has 114 valence electrons. The molecule has 21 heavy (non-hydrogen) atoms. The fourth-order valence-electron chi connectivity index (χ4n) is 1.58. The molecular formula is C12H18N6O3. The van der Waals surface area contributed by atoms with Crippen molar-refractivity contribution in [3.8, 4) is 0 Å². The van der Waals surface area contributed by atoms with E-state index < -0.39 is 12.0 Å². The van der Waals surface area contributed by atoms with Crippen LogP contribution in [0.25, 0.3) is 0 Å². The van der Waals surface area contributed by atoms with Gasteiger partial charge in [0.1, 0.15) is 12.6 Å². The maximum absolute atomic E-state index is 10.7. The summed E-state index contributed by atoms with van der Waals surface area (Å²) in [5.74, 6) is -0.110. The van der Waals surface area contributed by atoms with E-state index in [1.165, 1.54) is 4.68 Å². The van der Waals surface area contributed by atoms with Crippen molar-refractivity contribution in [1.29, 1.82) is 0 Å². The Hall–Kier alpha value is -2.29. The summed E-state index contributed by atoms with van der Waals surface area (Å²) in [6.07, 6.45) is 1.73. The Labute approximate surface area is 121 Å². The molecule has 1 atom stereocenters. The largest absolute Gasteiger partial charge is 0.480 e. The maximum Gasteiger partial charge on any atom is 0.320 e. The van der Waals surface area contributed by atoms with Gasteiger partial charge in [-0.05, 0) is 0 Å². The molecule has 0 bridgehead atoms. The van der Waals surface area contributed by atoms with Crippen molar-refractivity contribution < 1.29 is 14.3 Å². The minimum Gasteiger partial charge on any atom is -0.480 e. The SMILES string of the molecule is CC(C)(C)c1nnc(Cn2cc(CC(N)C(=O)O)nn2)o1. The van der Waals surface area contributed by atoms with E-state index in [4.69, 9.17) is 15.3 Å². The summed E-state index contributed by atoms with van der Waals surface area (Å²) in [5.41, 5.74) is 5.73. The minimum atomic E-state index is -1.07. The van der Waals surface area contributed by atoms with Gasteiger partial charge in [0, 0.05) is 18.0 Å². The maximum atomic E-state index is 10.7. The van der Waals surface area contributed by atoms with E-state index in [1.807, 2.05) is 20.8 Å². The predicted octanol–water partition coefficient (Wildman–Crippen LogP) is -0.0387. The van der Waals surface area contributed by atoms with Crippen LogP contribution in [0.15, 0.2) is 10.6 Å². The Morgan fingerprint density at radius 2 is 2.14 bits per heavy atom. The molecule has 0 aliphatic heterocycles. The van der Waals surface area contributed by atoms with E-state index in [1.54, 1.807) is 6.20 Å². The molecule has 1 unspecified atom stereocenters. The number of rotatable bonds is 5. The standard InChI is InChI=1S/C12H18N6O3/c1-12(2,3)11-16-15-9(21-11)6-18-5-7(14-17-18)4-8(13)10(19)20/h5,8H,4,6,13H2,1-3H3,(H,19,20). The Balaban J connectivity index is 2.02. The summed E-state index contributed by atoms with van der Waals surface area (Å²) < 4.78 is 7.05. The Morgan fingerprint density at radius 1 is 1.43 bits per heavy atom. The zero-order valence-corrected chi connectivity index (χ0v) is 12.1. The Kier molecular flexibility index (Phi) is 4.03. The molecule has 0 aromatic carbocycles. The topological polar surface area (TPSA) is 133 Å². The minimum absolute atomic E-state index is 0.117. The van der Waals surface area contributed by atoms with E-state index >= 15 is 0 Å². The van der Waals surface area contributed by atoms with Gasteiger partial charge in [0.15, 0.2) is 0 Å². The quantitative estimate of drug-likeness (QED) is 0.784. The molecule has 0 aliphatic carbocycles. The van der Waals surface area contributed by atoms with Crippen molar-refractivity contribution >= 4 is 5.97 Å². The number of carbonyl (C=O) groups is 1. The zero-order chi connectivity index (χ0) is 15.6. The molecule has 2 rings (SSSR count). The fourth-order valence-corrected chi connectivity index (χ4v) is 1.58. The first kappa shape index (κ1) is 15.1. The van der Waals surface area contributed by atoms with Gasteiger partial charge < -0.3 is 15.3 Å². The summed E-state index contributed by atoms with van der Waals surface area (Å²) in [7, 11) is 0. The molecular weight excluding hydrogens is 276 g/mol.